The number of amides is 4. The molecular formula is C14H20BrN4O3+. The lowest BCUT2D eigenvalue weighted by molar-refractivity contribution is -0.885. The largest absolute Gasteiger partial charge is 0.341 e. The number of urea groups is 1. The van der Waals surface area contributed by atoms with E-state index in [1.807, 2.05) is 18.2 Å². The molecule has 0 spiro atoms. The first-order chi connectivity index (χ1) is 10.3. The van der Waals surface area contributed by atoms with Gasteiger partial charge in [0.05, 0.1) is 12.7 Å². The fourth-order valence-electron chi connectivity index (χ4n) is 1.67. The van der Waals surface area contributed by atoms with E-state index in [0.29, 0.717) is 10.6 Å². The van der Waals surface area contributed by atoms with Crippen LogP contribution in [0.2, 0.25) is 0 Å². The molecular weight excluding hydrogens is 352 g/mol. The lowest BCUT2D eigenvalue weighted by Gasteiger charge is -2.20. The van der Waals surface area contributed by atoms with E-state index in [1.54, 1.807) is 20.0 Å². The van der Waals surface area contributed by atoms with E-state index in [1.165, 1.54) is 7.05 Å². The van der Waals surface area contributed by atoms with Crippen molar-refractivity contribution in [3.05, 3.63) is 28.7 Å². The van der Waals surface area contributed by atoms with Crippen molar-refractivity contribution in [2.24, 2.45) is 0 Å². The molecule has 0 aromatic heterocycles. The molecule has 4 N–H and O–H groups in total. The zero-order valence-electron chi connectivity index (χ0n) is 12.7. The van der Waals surface area contributed by atoms with E-state index >= 15 is 0 Å². The van der Waals surface area contributed by atoms with E-state index in [-0.39, 0.29) is 12.5 Å². The second-order valence-corrected chi connectivity index (χ2v) is 5.70. The minimum absolute atomic E-state index is 0.101. The number of anilines is 1. The standard InChI is InChI=1S/C14H19BrN4O3/c1-9(13(21)18-14(22)16-2)19(3)8-12(20)17-11-7-5-4-6-10(11)15/h4-7,9H,8H2,1-3H3,(H,17,20)(H2,16,18,21,22)/p+1/t9-/m1/s1. The van der Waals surface area contributed by atoms with Gasteiger partial charge in [-0.25, -0.2) is 4.79 Å². The highest BCUT2D eigenvalue weighted by atomic mass is 79.9. The smallest absolute Gasteiger partial charge is 0.321 e. The van der Waals surface area contributed by atoms with Gasteiger partial charge in [-0.3, -0.25) is 14.9 Å². The Hall–Kier alpha value is -1.93. The lowest BCUT2D eigenvalue weighted by Crippen LogP contribution is -3.15. The predicted molar refractivity (Wildman–Crippen MR) is 86.6 cm³/mol. The molecule has 0 radical (unpaired) electrons. The van der Waals surface area contributed by atoms with Crippen LogP contribution in [0.3, 0.4) is 0 Å². The highest BCUT2D eigenvalue weighted by Gasteiger charge is 2.25. The first kappa shape index (κ1) is 18.1. The number of benzene rings is 1. The Morgan fingerprint density at radius 3 is 2.50 bits per heavy atom. The summed E-state index contributed by atoms with van der Waals surface area (Å²) in [5.74, 6) is -0.658. The Balaban J connectivity index is 2.55. The van der Waals surface area contributed by atoms with Crippen LogP contribution in [0.15, 0.2) is 28.7 Å². The maximum Gasteiger partial charge on any atom is 0.321 e. The summed E-state index contributed by atoms with van der Waals surface area (Å²) in [4.78, 5) is 35.6. The third-order valence-corrected chi connectivity index (χ3v) is 3.88. The monoisotopic (exact) mass is 371 g/mol. The van der Waals surface area contributed by atoms with Gasteiger partial charge >= 0.3 is 6.03 Å². The van der Waals surface area contributed by atoms with Gasteiger partial charge in [0.15, 0.2) is 12.6 Å². The third-order valence-electron chi connectivity index (χ3n) is 3.18. The van der Waals surface area contributed by atoms with Gasteiger partial charge in [0.25, 0.3) is 11.8 Å². The fraction of sp³-hybridized carbons (Fsp3) is 0.357. The highest BCUT2D eigenvalue weighted by molar-refractivity contribution is 9.10. The topological polar surface area (TPSA) is 91.7 Å². The van der Waals surface area contributed by atoms with Gasteiger partial charge in [-0.05, 0) is 35.0 Å². The molecule has 1 aromatic rings. The summed E-state index contributed by atoms with van der Waals surface area (Å²) in [6.45, 7) is 1.75. The van der Waals surface area contributed by atoms with Gasteiger partial charge in [0.1, 0.15) is 0 Å². The summed E-state index contributed by atoms with van der Waals surface area (Å²) in [6, 6.07) is 6.16. The second-order valence-electron chi connectivity index (χ2n) is 4.84. The first-order valence-corrected chi connectivity index (χ1v) is 7.53. The Kier molecular flexibility index (Phi) is 7.00. The van der Waals surface area contributed by atoms with Crippen LogP contribution in [0.4, 0.5) is 10.5 Å². The average molecular weight is 372 g/mol. The number of hydrogen-bond donors (Lipinski definition) is 4. The summed E-state index contributed by atoms with van der Waals surface area (Å²) < 4.78 is 0.784. The van der Waals surface area contributed by atoms with Gasteiger partial charge in [0, 0.05) is 11.5 Å². The summed E-state index contributed by atoms with van der Waals surface area (Å²) in [7, 11) is 3.14. The molecule has 1 aromatic carbocycles. The Labute approximate surface area is 137 Å². The minimum Gasteiger partial charge on any atom is -0.341 e. The molecule has 0 saturated heterocycles. The molecule has 0 fully saturated rings. The molecule has 0 aliphatic heterocycles. The SMILES string of the molecule is CNC(=O)NC(=O)[C@@H](C)[NH+](C)CC(=O)Nc1ccccc1Br. The fourth-order valence-corrected chi connectivity index (χ4v) is 2.05. The van der Waals surface area contributed by atoms with Gasteiger partial charge < -0.3 is 15.5 Å². The quantitative estimate of drug-likeness (QED) is 0.574. The zero-order valence-corrected chi connectivity index (χ0v) is 14.3. The molecule has 0 saturated carbocycles. The van der Waals surface area contributed by atoms with E-state index in [2.05, 4.69) is 31.9 Å². The number of carbonyl (C=O) groups excluding carboxylic acids is 3. The minimum atomic E-state index is -0.567. The Bertz CT molecular complexity index is 565. The number of rotatable bonds is 5. The second kappa shape index (κ2) is 8.50. The number of para-hydroxylation sites is 1. The first-order valence-electron chi connectivity index (χ1n) is 6.74. The van der Waals surface area contributed by atoms with Crippen LogP contribution in [0.5, 0.6) is 0 Å². The zero-order chi connectivity index (χ0) is 16.7. The summed E-state index contributed by atoms with van der Waals surface area (Å²) in [5.41, 5.74) is 0.669. The molecule has 0 heterocycles. The molecule has 7 nitrogen and oxygen atoms in total. The van der Waals surface area contributed by atoms with Crippen LogP contribution in [0, 0.1) is 0 Å². The lowest BCUT2D eigenvalue weighted by atomic mass is 10.2. The van der Waals surface area contributed by atoms with E-state index in [0.717, 1.165) is 4.47 Å². The number of imide groups is 1. The van der Waals surface area contributed by atoms with Gasteiger partial charge in [-0.15, -0.1) is 0 Å². The molecule has 1 unspecified atom stereocenters. The summed E-state index contributed by atoms with van der Waals surface area (Å²) >= 11 is 3.35. The van der Waals surface area contributed by atoms with Crippen LogP contribution in [-0.2, 0) is 9.59 Å². The van der Waals surface area contributed by atoms with Gasteiger partial charge in [0.2, 0.25) is 0 Å². The molecule has 1 rings (SSSR count). The van der Waals surface area contributed by atoms with Gasteiger partial charge in [-0.2, -0.15) is 0 Å². The highest BCUT2D eigenvalue weighted by Crippen LogP contribution is 2.20. The molecule has 120 valence electrons. The maximum absolute atomic E-state index is 12.0. The van der Waals surface area contributed by atoms with Crippen molar-refractivity contribution in [3.63, 3.8) is 0 Å². The molecule has 8 heteroatoms. The number of quaternary nitrogens is 1. The van der Waals surface area contributed by atoms with Crippen LogP contribution in [0.25, 0.3) is 0 Å². The predicted octanol–water partition coefficient (Wildman–Crippen LogP) is -0.254. The van der Waals surface area contributed by atoms with E-state index in [4.69, 9.17) is 0 Å². The van der Waals surface area contributed by atoms with Crippen molar-refractivity contribution in [1.82, 2.24) is 10.6 Å². The molecule has 4 amide bonds. The molecule has 22 heavy (non-hydrogen) atoms. The molecule has 0 bridgehead atoms. The van der Waals surface area contributed by atoms with Crippen LogP contribution >= 0.6 is 15.9 Å². The van der Waals surface area contributed by atoms with Crippen molar-refractivity contribution in [3.8, 4) is 0 Å². The van der Waals surface area contributed by atoms with Crippen molar-refractivity contribution in [1.29, 1.82) is 0 Å². The molecule has 2 atom stereocenters. The average Bonchev–Trinajstić information content (AvgIpc) is 2.48. The maximum atomic E-state index is 12.0. The molecule has 0 aliphatic carbocycles. The third kappa shape index (κ3) is 5.45. The summed E-state index contributed by atoms with van der Waals surface area (Å²) in [6.07, 6.45) is 0. The van der Waals surface area contributed by atoms with E-state index < -0.39 is 18.0 Å². The molecule has 0 aliphatic rings. The number of halogens is 1. The normalized spacial score (nSPS) is 12.9. The Morgan fingerprint density at radius 2 is 1.91 bits per heavy atom. The Morgan fingerprint density at radius 1 is 1.27 bits per heavy atom. The van der Waals surface area contributed by atoms with E-state index in [9.17, 15) is 14.4 Å². The van der Waals surface area contributed by atoms with Crippen molar-refractivity contribution in [2.75, 3.05) is 26.0 Å². The van der Waals surface area contributed by atoms with Gasteiger partial charge in [-0.1, -0.05) is 12.1 Å². The summed E-state index contributed by atoms with van der Waals surface area (Å²) in [5, 5.41) is 7.27. The number of nitrogens with one attached hydrogen (secondary N) is 4. The van der Waals surface area contributed by atoms with Crippen molar-refractivity contribution >= 4 is 39.5 Å². The number of likely N-dealkylation sites (N-methyl/N-ethyl adjacent to an activating group) is 1. The number of carbonyl (C=O) groups is 3. The van der Waals surface area contributed by atoms with Crippen molar-refractivity contribution in [2.45, 2.75) is 13.0 Å². The van der Waals surface area contributed by atoms with Crippen LogP contribution in [0.1, 0.15) is 6.92 Å². The van der Waals surface area contributed by atoms with Crippen molar-refractivity contribution < 1.29 is 19.3 Å². The van der Waals surface area contributed by atoms with Crippen LogP contribution < -0.4 is 20.9 Å². The van der Waals surface area contributed by atoms with Crippen LogP contribution in [-0.4, -0.2) is 44.5 Å². The number of hydrogen-bond acceptors (Lipinski definition) is 3.